The van der Waals surface area contributed by atoms with Crippen LogP contribution in [0.4, 0.5) is 13.2 Å². The second-order valence-corrected chi connectivity index (χ2v) is 9.63. The van der Waals surface area contributed by atoms with Crippen molar-refractivity contribution in [3.8, 4) is 0 Å². The van der Waals surface area contributed by atoms with Crippen LogP contribution in [-0.2, 0) is 10.0 Å². The fourth-order valence-electron chi connectivity index (χ4n) is 3.81. The van der Waals surface area contributed by atoms with Gasteiger partial charge in [0.05, 0.1) is 0 Å². The van der Waals surface area contributed by atoms with Gasteiger partial charge in [-0.05, 0) is 43.2 Å². The summed E-state index contributed by atoms with van der Waals surface area (Å²) in [5, 5.41) is 6.62. The highest BCUT2D eigenvalue weighted by atomic mass is 127. The molecule has 0 aromatic heterocycles. The molecule has 2 aliphatic rings. The van der Waals surface area contributed by atoms with Gasteiger partial charge in [-0.15, -0.1) is 24.0 Å². The van der Waals surface area contributed by atoms with Gasteiger partial charge in [-0.2, -0.15) is 17.5 Å². The van der Waals surface area contributed by atoms with Crippen LogP contribution in [-0.4, -0.2) is 56.9 Å². The molecule has 2 atom stereocenters. The van der Waals surface area contributed by atoms with Crippen molar-refractivity contribution in [1.82, 2.24) is 14.9 Å². The SMILES string of the molecule is CN=C(NCC1CCN(S(=O)(=O)C(F)(F)F)CC1)NC1CC1c1ccccc1C.I. The predicted octanol–water partition coefficient (Wildman–Crippen LogP) is 3.20. The molecule has 1 aromatic rings. The van der Waals surface area contributed by atoms with E-state index in [4.69, 9.17) is 0 Å². The maximum atomic E-state index is 12.7. The lowest BCUT2D eigenvalue weighted by atomic mass is 9.98. The summed E-state index contributed by atoms with van der Waals surface area (Å²) in [6, 6.07) is 8.61. The van der Waals surface area contributed by atoms with Gasteiger partial charge in [-0.3, -0.25) is 4.99 Å². The molecule has 1 aliphatic carbocycles. The van der Waals surface area contributed by atoms with E-state index in [0.717, 1.165) is 6.42 Å². The molecule has 1 saturated heterocycles. The number of guanidine groups is 1. The van der Waals surface area contributed by atoms with E-state index in [1.54, 1.807) is 7.05 Å². The zero-order valence-corrected chi connectivity index (χ0v) is 20.1. The minimum absolute atomic E-state index is 0. The van der Waals surface area contributed by atoms with E-state index in [0.29, 0.717) is 41.6 Å². The first-order chi connectivity index (χ1) is 13.6. The lowest BCUT2D eigenvalue weighted by Crippen LogP contribution is -2.47. The average molecular weight is 560 g/mol. The first kappa shape index (κ1) is 25.2. The molecule has 0 amide bonds. The third kappa shape index (κ3) is 5.78. The molecule has 1 aliphatic heterocycles. The minimum atomic E-state index is -5.23. The van der Waals surface area contributed by atoms with E-state index in [2.05, 4.69) is 34.7 Å². The quantitative estimate of drug-likeness (QED) is 0.330. The molecule has 0 bridgehead atoms. The van der Waals surface area contributed by atoms with Crippen LogP contribution in [0, 0.1) is 12.8 Å². The van der Waals surface area contributed by atoms with Crippen molar-refractivity contribution < 1.29 is 21.6 Å². The van der Waals surface area contributed by atoms with Gasteiger partial charge in [0.1, 0.15) is 0 Å². The molecule has 170 valence electrons. The Morgan fingerprint density at radius 1 is 1.23 bits per heavy atom. The summed E-state index contributed by atoms with van der Waals surface area (Å²) in [4.78, 5) is 4.23. The van der Waals surface area contributed by atoms with Crippen molar-refractivity contribution in [2.75, 3.05) is 26.7 Å². The van der Waals surface area contributed by atoms with E-state index >= 15 is 0 Å². The van der Waals surface area contributed by atoms with Gasteiger partial charge in [0.25, 0.3) is 0 Å². The highest BCUT2D eigenvalue weighted by molar-refractivity contribution is 14.0. The number of benzene rings is 1. The Bertz CT molecular complexity index is 856. The average Bonchev–Trinajstić information content (AvgIpc) is 3.43. The Labute approximate surface area is 192 Å². The highest BCUT2D eigenvalue weighted by Crippen LogP contribution is 2.42. The molecular formula is C19H28F3IN4O2S. The maximum absolute atomic E-state index is 12.7. The van der Waals surface area contributed by atoms with E-state index in [1.165, 1.54) is 11.1 Å². The largest absolute Gasteiger partial charge is 0.511 e. The molecule has 1 saturated carbocycles. The number of hydrogen-bond acceptors (Lipinski definition) is 3. The second kappa shape index (κ2) is 10.0. The van der Waals surface area contributed by atoms with Crippen LogP contribution >= 0.6 is 24.0 Å². The van der Waals surface area contributed by atoms with Gasteiger partial charge < -0.3 is 10.6 Å². The minimum Gasteiger partial charge on any atom is -0.356 e. The summed E-state index contributed by atoms with van der Waals surface area (Å²) >= 11 is 0. The van der Waals surface area contributed by atoms with Gasteiger partial charge in [-0.25, -0.2) is 8.42 Å². The van der Waals surface area contributed by atoms with Crippen LogP contribution in [0.5, 0.6) is 0 Å². The number of piperidine rings is 1. The van der Waals surface area contributed by atoms with Crippen LogP contribution in [0.25, 0.3) is 0 Å². The first-order valence-corrected chi connectivity index (χ1v) is 11.2. The number of halogens is 4. The summed E-state index contributed by atoms with van der Waals surface area (Å²) in [6.45, 7) is 2.42. The van der Waals surface area contributed by atoms with Crippen LogP contribution in [0.1, 0.15) is 36.3 Å². The number of sulfonamides is 1. The standard InChI is InChI=1S/C19H27F3N4O2S.HI/c1-13-5-3-4-6-15(13)16-11-17(16)25-18(23-2)24-12-14-7-9-26(10-8-14)29(27,28)19(20,21)22;/h3-6,14,16-17H,7-12H2,1-2H3,(H2,23,24,25);1H. The number of nitrogens with zero attached hydrogens (tertiary/aromatic N) is 2. The molecule has 1 heterocycles. The molecule has 2 N–H and O–H groups in total. The monoisotopic (exact) mass is 560 g/mol. The van der Waals surface area contributed by atoms with Gasteiger partial charge >= 0.3 is 15.5 Å². The number of nitrogens with one attached hydrogen (secondary N) is 2. The number of aryl methyl sites for hydroxylation is 1. The summed E-state index contributed by atoms with van der Waals surface area (Å²) < 4.78 is 61.5. The van der Waals surface area contributed by atoms with Crippen LogP contribution in [0.3, 0.4) is 0 Å². The van der Waals surface area contributed by atoms with Crippen molar-refractivity contribution >= 4 is 40.0 Å². The zero-order chi connectivity index (χ0) is 21.2. The van der Waals surface area contributed by atoms with Crippen molar-refractivity contribution in [2.24, 2.45) is 10.9 Å². The summed E-state index contributed by atoms with van der Waals surface area (Å²) in [6.07, 6.45) is 1.79. The van der Waals surface area contributed by atoms with Gasteiger partial charge in [-0.1, -0.05) is 24.3 Å². The van der Waals surface area contributed by atoms with E-state index in [9.17, 15) is 21.6 Å². The van der Waals surface area contributed by atoms with Crippen molar-refractivity contribution in [2.45, 2.75) is 43.7 Å². The Morgan fingerprint density at radius 2 is 1.87 bits per heavy atom. The number of aliphatic imine (C=N–C) groups is 1. The normalized spacial score (nSPS) is 23.6. The van der Waals surface area contributed by atoms with Crippen molar-refractivity contribution in [3.05, 3.63) is 35.4 Å². The molecule has 6 nitrogen and oxygen atoms in total. The van der Waals surface area contributed by atoms with E-state index in [1.807, 2.05) is 12.1 Å². The first-order valence-electron chi connectivity index (χ1n) is 9.72. The highest BCUT2D eigenvalue weighted by Gasteiger charge is 2.50. The number of hydrogen-bond donors (Lipinski definition) is 2. The molecule has 3 rings (SSSR count). The van der Waals surface area contributed by atoms with Gasteiger partial charge in [0.15, 0.2) is 5.96 Å². The zero-order valence-electron chi connectivity index (χ0n) is 16.9. The lowest BCUT2D eigenvalue weighted by molar-refractivity contribution is -0.0496. The molecule has 0 spiro atoms. The van der Waals surface area contributed by atoms with Crippen LogP contribution in [0.2, 0.25) is 0 Å². The summed E-state index contributed by atoms with van der Waals surface area (Å²) in [5.74, 6) is 1.21. The second-order valence-electron chi connectivity index (χ2n) is 7.70. The van der Waals surface area contributed by atoms with Crippen LogP contribution in [0.15, 0.2) is 29.3 Å². The Balaban J connectivity index is 0.00000320. The van der Waals surface area contributed by atoms with Gasteiger partial charge in [0, 0.05) is 38.6 Å². The maximum Gasteiger partial charge on any atom is 0.511 e. The lowest BCUT2D eigenvalue weighted by Gasteiger charge is -2.31. The molecule has 30 heavy (non-hydrogen) atoms. The van der Waals surface area contributed by atoms with E-state index < -0.39 is 15.5 Å². The van der Waals surface area contributed by atoms with Gasteiger partial charge in [0.2, 0.25) is 0 Å². The van der Waals surface area contributed by atoms with Crippen molar-refractivity contribution in [1.29, 1.82) is 0 Å². The molecular weight excluding hydrogens is 532 g/mol. The molecule has 0 radical (unpaired) electrons. The third-order valence-corrected chi connectivity index (χ3v) is 7.32. The third-order valence-electron chi connectivity index (χ3n) is 5.69. The number of rotatable bonds is 5. The predicted molar refractivity (Wildman–Crippen MR) is 122 cm³/mol. The fraction of sp³-hybridized carbons (Fsp3) is 0.632. The Morgan fingerprint density at radius 3 is 2.43 bits per heavy atom. The van der Waals surface area contributed by atoms with E-state index in [-0.39, 0.29) is 43.0 Å². The number of alkyl halides is 3. The fourth-order valence-corrected chi connectivity index (χ4v) is 4.80. The van der Waals surface area contributed by atoms with Crippen LogP contribution < -0.4 is 10.6 Å². The van der Waals surface area contributed by atoms with Crippen molar-refractivity contribution in [3.63, 3.8) is 0 Å². The summed E-state index contributed by atoms with van der Waals surface area (Å²) in [7, 11) is -3.55. The molecule has 1 aromatic carbocycles. The summed E-state index contributed by atoms with van der Waals surface area (Å²) in [5.41, 5.74) is -2.63. The Kier molecular flexibility index (Phi) is 8.42. The molecule has 2 unspecified atom stereocenters. The Hall–Kier alpha value is -1.08. The smallest absolute Gasteiger partial charge is 0.356 e. The topological polar surface area (TPSA) is 73.8 Å². The molecule has 2 fully saturated rings. The molecule has 11 heteroatoms.